The Hall–Kier alpha value is 0.411. The molecule has 164 valence electrons. The van der Waals surface area contributed by atoms with Gasteiger partial charge < -0.3 is 26.6 Å². The van der Waals surface area contributed by atoms with Crippen molar-refractivity contribution in [1.82, 2.24) is 0 Å². The van der Waals surface area contributed by atoms with Gasteiger partial charge in [-0.15, -0.1) is 0 Å². The Morgan fingerprint density at radius 3 is 0.815 bits per heavy atom. The van der Waals surface area contributed by atoms with Crippen molar-refractivity contribution in [2.24, 2.45) is 0 Å². The fraction of sp³-hybridized carbons (Fsp3) is 1.00. The third-order valence-electron chi connectivity index (χ3n) is 4.40. The molecule has 9 heteroatoms. The summed E-state index contributed by atoms with van der Waals surface area (Å²) >= 11 is 0. The summed E-state index contributed by atoms with van der Waals surface area (Å²) in [6.45, 7) is 20.7. The van der Waals surface area contributed by atoms with Crippen LogP contribution in [0.5, 0.6) is 0 Å². The lowest BCUT2D eigenvalue weighted by Crippen LogP contribution is -2.49. The van der Waals surface area contributed by atoms with E-state index in [0.29, 0.717) is 39.6 Å². The van der Waals surface area contributed by atoms with E-state index in [9.17, 15) is 0 Å². The molecule has 0 N–H and O–H groups in total. The van der Waals surface area contributed by atoms with Crippen LogP contribution in [0.15, 0.2) is 0 Å². The number of rotatable bonds is 18. The third kappa shape index (κ3) is 10.7. The smallest absolute Gasteiger partial charge is 0.374 e. The highest BCUT2D eigenvalue weighted by Gasteiger charge is 2.45. The van der Waals surface area contributed by atoms with Crippen molar-refractivity contribution in [2.75, 3.05) is 39.6 Å². The summed E-state index contributed by atoms with van der Waals surface area (Å²) in [7, 11) is -6.65. The Morgan fingerprint density at radius 1 is 0.407 bits per heavy atom. The molecule has 0 bridgehead atoms. The topological polar surface area (TPSA) is 55.4 Å². The Morgan fingerprint density at radius 2 is 0.630 bits per heavy atom. The van der Waals surface area contributed by atoms with Gasteiger partial charge in [0.2, 0.25) is 0 Å². The van der Waals surface area contributed by atoms with Gasteiger partial charge in [-0.05, 0) is 41.5 Å². The minimum absolute atomic E-state index is 0.628. The van der Waals surface area contributed by atoms with Crippen molar-refractivity contribution in [3.05, 3.63) is 0 Å². The third-order valence-corrected chi connectivity index (χ3v) is 14.7. The lowest BCUT2D eigenvalue weighted by Gasteiger charge is -2.34. The van der Waals surface area contributed by atoms with Crippen LogP contribution in [0.2, 0.25) is 37.3 Å². The van der Waals surface area contributed by atoms with E-state index in [1.54, 1.807) is 0 Å². The van der Waals surface area contributed by atoms with Crippen LogP contribution >= 0.6 is 0 Å². The van der Waals surface area contributed by atoms with E-state index in [4.69, 9.17) is 26.6 Å². The second-order valence-corrected chi connectivity index (χ2v) is 17.9. The van der Waals surface area contributed by atoms with Crippen LogP contribution in [0.3, 0.4) is 0 Å². The lowest BCUT2D eigenvalue weighted by atomic mass is 10.9. The predicted octanol–water partition coefficient (Wildman–Crippen LogP) is 4.79. The van der Waals surface area contributed by atoms with Crippen LogP contribution in [-0.2, 0) is 26.6 Å². The van der Waals surface area contributed by atoms with Gasteiger partial charge >= 0.3 is 17.6 Å². The van der Waals surface area contributed by atoms with Gasteiger partial charge in [-0.1, -0.05) is 25.2 Å². The summed E-state index contributed by atoms with van der Waals surface area (Å²) in [6, 6.07) is 3.98. The summed E-state index contributed by atoms with van der Waals surface area (Å²) in [5.74, 6) is 0. The minimum atomic E-state index is -2.57. The van der Waals surface area contributed by atoms with Gasteiger partial charge in [0.05, 0.1) is 0 Å². The fourth-order valence-electron chi connectivity index (χ4n) is 3.11. The fourth-order valence-corrected chi connectivity index (χ4v) is 15.2. The van der Waals surface area contributed by atoms with Crippen molar-refractivity contribution in [3.63, 3.8) is 0 Å². The molecule has 0 aliphatic rings. The van der Waals surface area contributed by atoms with E-state index in [1.807, 2.05) is 41.5 Å². The molecule has 0 aliphatic heterocycles. The molecule has 0 saturated heterocycles. The second-order valence-electron chi connectivity index (χ2n) is 7.13. The molecule has 0 atom stereocenters. The van der Waals surface area contributed by atoms with E-state index in [0.717, 1.165) is 24.2 Å². The van der Waals surface area contributed by atoms with Gasteiger partial charge in [-0.3, -0.25) is 0 Å². The Bertz CT molecular complexity index is 305. The molecule has 0 fully saturated rings. The van der Waals surface area contributed by atoms with Crippen LogP contribution in [0.25, 0.3) is 0 Å². The molecule has 0 unspecified atom stereocenters. The number of hydrogen-bond acceptors (Lipinski definition) is 6. The van der Waals surface area contributed by atoms with Crippen molar-refractivity contribution in [3.8, 4) is 0 Å². The summed E-state index contributed by atoms with van der Waals surface area (Å²) in [4.78, 5) is 0. The Labute approximate surface area is 171 Å². The highest BCUT2D eigenvalue weighted by Crippen LogP contribution is 2.30. The summed E-state index contributed by atoms with van der Waals surface area (Å²) in [5.41, 5.74) is 0. The molecule has 0 aromatic carbocycles. The van der Waals surface area contributed by atoms with E-state index in [1.165, 1.54) is 0 Å². The largest absolute Gasteiger partial charge is 0.500 e. The molecular weight excluding hydrogens is 396 g/mol. The normalized spacial score (nSPS) is 13.3. The second kappa shape index (κ2) is 14.4. The maximum Gasteiger partial charge on any atom is 0.500 e. The standard InChI is InChI=1S/C18H44O6Si3/c1-9-19-26(20-10-2,21-11-3)17-15-25(7,8)16-18-27(22-12-4,23-13-5)24-14-6/h9-18H2,1-8H3. The zero-order chi connectivity index (χ0) is 20.8. The molecule has 0 aliphatic carbocycles. The molecule has 0 saturated carbocycles. The Balaban J connectivity index is 5.00. The van der Waals surface area contributed by atoms with E-state index in [2.05, 4.69) is 13.1 Å². The van der Waals surface area contributed by atoms with Gasteiger partial charge in [0.25, 0.3) is 0 Å². The first-order valence-electron chi connectivity index (χ1n) is 10.6. The molecule has 27 heavy (non-hydrogen) atoms. The van der Waals surface area contributed by atoms with Crippen molar-refractivity contribution < 1.29 is 26.6 Å². The van der Waals surface area contributed by atoms with Crippen molar-refractivity contribution in [2.45, 2.75) is 78.8 Å². The van der Waals surface area contributed by atoms with Crippen LogP contribution in [-0.4, -0.2) is 65.3 Å². The highest BCUT2D eigenvalue weighted by atomic mass is 28.4. The van der Waals surface area contributed by atoms with E-state index < -0.39 is 25.7 Å². The van der Waals surface area contributed by atoms with E-state index >= 15 is 0 Å². The highest BCUT2D eigenvalue weighted by molar-refractivity contribution is 6.80. The molecule has 0 radical (unpaired) electrons. The number of hydrogen-bond donors (Lipinski definition) is 0. The summed E-state index contributed by atoms with van der Waals surface area (Å²) in [5, 5.41) is 0. The van der Waals surface area contributed by atoms with Crippen LogP contribution in [0, 0.1) is 0 Å². The van der Waals surface area contributed by atoms with Gasteiger partial charge in [0.1, 0.15) is 0 Å². The van der Waals surface area contributed by atoms with Crippen LogP contribution in [0.4, 0.5) is 0 Å². The summed E-state index contributed by atoms with van der Waals surface area (Å²) < 4.78 is 36.1. The van der Waals surface area contributed by atoms with Gasteiger partial charge in [0, 0.05) is 59.8 Å². The molecule has 0 aromatic rings. The molecule has 0 heterocycles. The first kappa shape index (κ1) is 27.4. The van der Waals surface area contributed by atoms with Crippen molar-refractivity contribution >= 4 is 25.7 Å². The first-order valence-corrected chi connectivity index (χ1v) is 17.9. The minimum Gasteiger partial charge on any atom is -0.374 e. The van der Waals surface area contributed by atoms with Crippen molar-refractivity contribution in [1.29, 1.82) is 0 Å². The van der Waals surface area contributed by atoms with Crippen LogP contribution < -0.4 is 0 Å². The average molecular weight is 441 g/mol. The molecule has 0 rings (SSSR count). The van der Waals surface area contributed by atoms with Gasteiger partial charge in [0.15, 0.2) is 0 Å². The summed E-state index contributed by atoms with van der Waals surface area (Å²) in [6.07, 6.45) is 0. The zero-order valence-corrected chi connectivity index (χ0v) is 22.0. The molecule has 0 amide bonds. The Kier molecular flexibility index (Phi) is 14.6. The molecule has 0 spiro atoms. The first-order chi connectivity index (χ1) is 12.8. The SMILES string of the molecule is CCO[Si](CC[Si](C)(C)CC[Si](OCC)(OCC)OCC)(OCC)OCC. The predicted molar refractivity (Wildman–Crippen MR) is 118 cm³/mol. The van der Waals surface area contributed by atoms with Gasteiger partial charge in [-0.2, -0.15) is 0 Å². The lowest BCUT2D eigenvalue weighted by molar-refractivity contribution is 0.0722. The molecular formula is C18H44O6Si3. The van der Waals surface area contributed by atoms with Crippen LogP contribution in [0.1, 0.15) is 41.5 Å². The maximum atomic E-state index is 6.02. The molecule has 6 nitrogen and oxygen atoms in total. The maximum absolute atomic E-state index is 6.02. The van der Waals surface area contributed by atoms with Gasteiger partial charge in [-0.25, -0.2) is 0 Å². The quantitative estimate of drug-likeness (QED) is 0.286. The zero-order valence-electron chi connectivity index (χ0n) is 19.0. The monoisotopic (exact) mass is 440 g/mol. The van der Waals surface area contributed by atoms with E-state index in [-0.39, 0.29) is 0 Å². The average Bonchev–Trinajstić information content (AvgIpc) is 2.60. The molecule has 0 aromatic heterocycles.